The average Bonchev–Trinajstić information content (AvgIpc) is 3.43. The second-order valence-corrected chi connectivity index (χ2v) is 18.7. The van der Waals surface area contributed by atoms with Crippen LogP contribution in [0.15, 0.2) is 273 Å². The summed E-state index contributed by atoms with van der Waals surface area (Å²) in [5.41, 5.74) is 11.9. The lowest BCUT2D eigenvalue weighted by Crippen LogP contribution is -2.38. The van der Waals surface area contributed by atoms with Crippen LogP contribution in [0.5, 0.6) is 17.2 Å². The van der Waals surface area contributed by atoms with Crippen LogP contribution in [0, 0.1) is 0 Å². The molecule has 0 aromatic heterocycles. The number of fused-ring (bicyclic) bond motifs is 3. The van der Waals surface area contributed by atoms with Crippen molar-refractivity contribution in [3.63, 3.8) is 0 Å². The van der Waals surface area contributed by atoms with E-state index in [1.165, 1.54) is 0 Å². The summed E-state index contributed by atoms with van der Waals surface area (Å²) < 4.78 is 23.3. The van der Waals surface area contributed by atoms with E-state index < -0.39 is 15.1 Å². The van der Waals surface area contributed by atoms with Crippen LogP contribution in [0.25, 0.3) is 99.1 Å². The molecule has 0 radical (unpaired) electrons. The van der Waals surface area contributed by atoms with Crippen molar-refractivity contribution in [2.45, 2.75) is 0 Å². The molecule has 0 bridgehead atoms. The number of hydrogen-bond acceptors (Lipinski definition) is 3. The summed E-state index contributed by atoms with van der Waals surface area (Å²) in [5.74, 6) is 2.07. The molecule has 330 valence electrons. The maximum atomic E-state index is 7.78. The molecule has 3 nitrogen and oxygen atoms in total. The Labute approximate surface area is 413 Å². The summed E-state index contributed by atoms with van der Waals surface area (Å²) in [6.45, 7) is 0. The highest BCUT2D eigenvalue weighted by atomic mass is 27.3. The zero-order valence-electron chi connectivity index (χ0n) is 38.3. The normalized spacial score (nSPS) is 11.1. The van der Waals surface area contributed by atoms with E-state index in [-0.39, 0.29) is 0 Å². The number of para-hydroxylation sites is 3. The minimum atomic E-state index is -3.51. The largest absolute Gasteiger partial charge is 1.20 e. The predicted octanol–water partition coefficient (Wildman–Crippen LogP) is 17.7. The van der Waals surface area contributed by atoms with Crippen molar-refractivity contribution < 1.29 is 11.4 Å². The molecule has 70 heavy (non-hydrogen) atoms. The van der Waals surface area contributed by atoms with Crippen LogP contribution in [0.4, 0.5) is 0 Å². The Balaban J connectivity index is 1.13. The van der Waals surface area contributed by atoms with Gasteiger partial charge in [-0.25, -0.2) is 0 Å². The number of hydrogen-bond donors (Lipinski definition) is 0. The van der Waals surface area contributed by atoms with Crippen molar-refractivity contribution in [3.8, 4) is 84.0 Å². The van der Waals surface area contributed by atoms with Gasteiger partial charge in [-0.3, -0.25) is 0 Å². The molecule has 0 saturated heterocycles. The summed E-state index contributed by atoms with van der Waals surface area (Å²) >= 11 is -3.51. The molecule has 0 saturated carbocycles. The Kier molecular flexibility index (Phi) is 11.7. The first-order valence-electron chi connectivity index (χ1n) is 23.7. The molecule has 12 rings (SSSR count). The summed E-state index contributed by atoms with van der Waals surface area (Å²) in [4.78, 5) is 0. The summed E-state index contributed by atoms with van der Waals surface area (Å²) in [5, 5.41) is 6.81. The van der Waals surface area contributed by atoms with E-state index in [2.05, 4.69) is 255 Å². The van der Waals surface area contributed by atoms with Gasteiger partial charge in [-0.2, -0.15) is 0 Å². The van der Waals surface area contributed by atoms with Crippen LogP contribution < -0.4 is 11.4 Å². The van der Waals surface area contributed by atoms with Crippen molar-refractivity contribution >= 4 is 47.5 Å². The van der Waals surface area contributed by atoms with E-state index in [9.17, 15) is 0 Å². The summed E-state index contributed by atoms with van der Waals surface area (Å²) in [6.07, 6.45) is 0. The van der Waals surface area contributed by atoms with E-state index >= 15 is 0 Å². The molecule has 0 unspecified atom stereocenters. The molecule has 0 spiro atoms. The topological polar surface area (TPSA) is 27.7 Å². The molecule has 0 aliphatic carbocycles. The predicted molar refractivity (Wildman–Crippen MR) is 292 cm³/mol. The van der Waals surface area contributed by atoms with Crippen molar-refractivity contribution in [1.29, 1.82) is 0 Å². The quantitative estimate of drug-likeness (QED) is 0.114. The van der Waals surface area contributed by atoms with E-state index in [1.54, 1.807) is 0 Å². The van der Waals surface area contributed by atoms with Crippen LogP contribution in [0.3, 0.4) is 0 Å². The Morgan fingerprint density at radius 1 is 0.186 bits per heavy atom. The molecular formula is C66H45AlO3. The standard InChI is InChI=1S/3C22H16O.Al/c3*23-22-19(17-8-2-1-3-9-17)13-7-15-21(22)20-14-6-11-16-10-4-5-12-18(16)20;/h3*1-15,23H;/q;;;+3/p-3. The van der Waals surface area contributed by atoms with Gasteiger partial charge in [0.05, 0.1) is 0 Å². The fourth-order valence-corrected chi connectivity index (χ4v) is 11.4. The summed E-state index contributed by atoms with van der Waals surface area (Å²) in [7, 11) is 0. The van der Waals surface area contributed by atoms with Gasteiger partial charge in [0.25, 0.3) is 0 Å². The Morgan fingerprint density at radius 3 is 0.729 bits per heavy atom. The molecule has 12 aromatic rings. The fourth-order valence-electron chi connectivity index (χ4n) is 9.91. The Morgan fingerprint density at radius 2 is 0.414 bits per heavy atom. The van der Waals surface area contributed by atoms with Gasteiger partial charge in [0.15, 0.2) is 0 Å². The lowest BCUT2D eigenvalue weighted by atomic mass is 9.94. The fraction of sp³-hybridized carbons (Fsp3) is 0. The van der Waals surface area contributed by atoms with Crippen LogP contribution >= 0.6 is 0 Å². The van der Waals surface area contributed by atoms with Crippen molar-refractivity contribution in [3.05, 3.63) is 273 Å². The van der Waals surface area contributed by atoms with Crippen LogP contribution in [0.1, 0.15) is 0 Å². The molecule has 12 aromatic carbocycles. The van der Waals surface area contributed by atoms with Gasteiger partial charge in [0.2, 0.25) is 0 Å². The van der Waals surface area contributed by atoms with Crippen molar-refractivity contribution in [1.82, 2.24) is 0 Å². The van der Waals surface area contributed by atoms with Crippen molar-refractivity contribution in [2.75, 3.05) is 0 Å². The molecule has 4 heteroatoms. The molecule has 0 fully saturated rings. The van der Waals surface area contributed by atoms with Gasteiger partial charge in [-0.05, 0) is 65.7 Å². The van der Waals surface area contributed by atoms with Gasteiger partial charge in [-0.15, -0.1) is 0 Å². The third kappa shape index (κ3) is 8.27. The lowest BCUT2D eigenvalue weighted by Gasteiger charge is -2.26. The second-order valence-electron chi connectivity index (χ2n) is 17.4. The van der Waals surface area contributed by atoms with E-state index in [0.717, 1.165) is 99.1 Å². The molecular weight excluding hydrogens is 868 g/mol. The maximum Gasteiger partial charge on any atom is 1.20 e. The molecule has 0 aliphatic rings. The van der Waals surface area contributed by atoms with E-state index in [1.807, 2.05) is 18.2 Å². The molecule has 0 amide bonds. The monoisotopic (exact) mass is 912 g/mol. The van der Waals surface area contributed by atoms with Crippen LogP contribution in [-0.2, 0) is 0 Å². The van der Waals surface area contributed by atoms with Gasteiger partial charge in [0.1, 0.15) is 17.2 Å². The molecule has 0 atom stereocenters. The van der Waals surface area contributed by atoms with Crippen LogP contribution in [-0.4, -0.2) is 15.1 Å². The first-order chi connectivity index (χ1) is 34.7. The lowest BCUT2D eigenvalue weighted by molar-refractivity contribution is 0.310. The number of benzene rings is 12. The van der Waals surface area contributed by atoms with Gasteiger partial charge >= 0.3 is 15.1 Å². The van der Waals surface area contributed by atoms with Gasteiger partial charge < -0.3 is 11.4 Å². The smallest absolute Gasteiger partial charge is 0.576 e. The number of rotatable bonds is 12. The zero-order valence-corrected chi connectivity index (χ0v) is 39.4. The third-order valence-corrected chi connectivity index (χ3v) is 14.5. The maximum absolute atomic E-state index is 7.78. The molecule has 0 N–H and O–H groups in total. The third-order valence-electron chi connectivity index (χ3n) is 13.2. The van der Waals surface area contributed by atoms with E-state index in [0.29, 0.717) is 17.2 Å². The highest BCUT2D eigenvalue weighted by molar-refractivity contribution is 6.40. The Bertz CT molecular complexity index is 3400. The molecule has 0 heterocycles. The average molecular weight is 913 g/mol. The molecule has 0 aliphatic heterocycles. The first-order valence-corrected chi connectivity index (χ1v) is 25.2. The SMILES string of the molecule is c1ccc(-c2cccc(-c3cccc4ccccc34)c2[O][Al]([O]c2c(-c3ccccc3)cccc2-c2cccc3ccccc23)[O]c2c(-c3ccccc3)cccc2-c2cccc3ccccc23)cc1. The minimum Gasteiger partial charge on any atom is -0.576 e. The zero-order chi connectivity index (χ0) is 46.6. The van der Waals surface area contributed by atoms with E-state index in [4.69, 9.17) is 11.4 Å². The van der Waals surface area contributed by atoms with Gasteiger partial charge in [0, 0.05) is 33.4 Å². The second kappa shape index (κ2) is 19.2. The minimum absolute atomic E-state index is 0.689. The Hall–Kier alpha value is -8.65. The summed E-state index contributed by atoms with van der Waals surface area (Å²) in [6, 6.07) is 95.7. The van der Waals surface area contributed by atoms with Gasteiger partial charge in [-0.1, -0.05) is 273 Å². The highest BCUT2D eigenvalue weighted by Gasteiger charge is 2.48. The van der Waals surface area contributed by atoms with Crippen LogP contribution in [0.2, 0.25) is 0 Å². The van der Waals surface area contributed by atoms with Crippen molar-refractivity contribution in [2.24, 2.45) is 0 Å². The first kappa shape index (κ1) is 42.7. The highest BCUT2D eigenvalue weighted by Crippen LogP contribution is 2.47.